The molecule has 0 atom stereocenters. The molecule has 7 heteroatoms. The molecule has 0 aliphatic heterocycles. The van der Waals surface area contributed by atoms with Crippen LogP contribution in [0.3, 0.4) is 0 Å². The molecule has 0 bridgehead atoms. The van der Waals surface area contributed by atoms with Crippen LogP contribution >= 0.6 is 0 Å². The Labute approximate surface area is 139 Å². The molecular weight excluding hydrogens is 314 g/mol. The first-order valence-electron chi connectivity index (χ1n) is 6.99. The molecule has 0 unspecified atom stereocenters. The maximum absolute atomic E-state index is 11.7. The number of ether oxygens (including phenoxy) is 3. The summed E-state index contributed by atoms with van der Waals surface area (Å²) in [4.78, 5) is 34.4. The lowest BCUT2D eigenvalue weighted by atomic mass is 10.1. The fourth-order valence-electron chi connectivity index (χ4n) is 1.75. The van der Waals surface area contributed by atoms with Crippen molar-refractivity contribution in [1.82, 2.24) is 0 Å². The summed E-state index contributed by atoms with van der Waals surface area (Å²) < 4.78 is 13.7. The van der Waals surface area contributed by atoms with Gasteiger partial charge in [-0.05, 0) is 17.7 Å². The van der Waals surface area contributed by atoms with Gasteiger partial charge in [0.2, 0.25) is 0 Å². The highest BCUT2D eigenvalue weighted by Crippen LogP contribution is 2.19. The lowest BCUT2D eigenvalue weighted by Crippen LogP contribution is -2.15. The van der Waals surface area contributed by atoms with Crippen LogP contribution in [0.25, 0.3) is 6.08 Å². The Balaban J connectivity index is 3.01. The lowest BCUT2D eigenvalue weighted by molar-refractivity contribution is -0.144. The van der Waals surface area contributed by atoms with Crippen molar-refractivity contribution in [1.29, 1.82) is 0 Å². The summed E-state index contributed by atoms with van der Waals surface area (Å²) in [6, 6.07) is 7.04. The monoisotopic (exact) mass is 333 g/mol. The molecule has 0 fully saturated rings. The number of hydrogen-bond donors (Lipinski definition) is 1. The lowest BCUT2D eigenvalue weighted by Gasteiger charge is -2.09. The van der Waals surface area contributed by atoms with Gasteiger partial charge in [-0.25, -0.2) is 14.4 Å². The normalized spacial score (nSPS) is 9.96. The van der Waals surface area contributed by atoms with Gasteiger partial charge in [-0.1, -0.05) is 24.3 Å². The predicted molar refractivity (Wildman–Crippen MR) is 88.1 cm³/mol. The predicted octanol–water partition coefficient (Wildman–Crippen LogP) is 1.56. The number of benzene rings is 1. The molecule has 128 valence electrons. The molecule has 0 spiro atoms. The van der Waals surface area contributed by atoms with Gasteiger partial charge in [0.05, 0.1) is 21.3 Å². The van der Waals surface area contributed by atoms with E-state index in [2.05, 4.69) is 19.5 Å². The number of esters is 3. The molecule has 1 rings (SSSR count). The maximum atomic E-state index is 11.7. The number of methoxy groups -OCH3 is 3. The highest BCUT2D eigenvalue weighted by Gasteiger charge is 2.20. The molecule has 0 saturated carbocycles. The van der Waals surface area contributed by atoms with E-state index in [-0.39, 0.29) is 5.57 Å². The molecule has 0 aliphatic carbocycles. The van der Waals surface area contributed by atoms with Gasteiger partial charge in [-0.2, -0.15) is 0 Å². The van der Waals surface area contributed by atoms with Crippen LogP contribution in [0.2, 0.25) is 0 Å². The Bertz CT molecular complexity index is 645. The van der Waals surface area contributed by atoms with Crippen LogP contribution in [0.5, 0.6) is 0 Å². The van der Waals surface area contributed by atoms with Gasteiger partial charge in [-0.3, -0.25) is 0 Å². The van der Waals surface area contributed by atoms with Crippen molar-refractivity contribution >= 4 is 29.7 Å². The number of para-hydroxylation sites is 1. The standard InChI is InChI=1S/C17H19NO6/c1-22-15(19)9-6-10-18-14-8-5-4-7-12(14)11-13(16(20)23-2)17(21)24-3/h4-9,11,18H,10H2,1-3H3/b9-6+. The summed E-state index contributed by atoms with van der Waals surface area (Å²) in [5.74, 6) is -2.03. The highest BCUT2D eigenvalue weighted by molar-refractivity contribution is 6.18. The molecule has 0 heterocycles. The third-order valence-electron chi connectivity index (χ3n) is 2.94. The van der Waals surface area contributed by atoms with E-state index in [0.29, 0.717) is 17.8 Å². The second-order valence-corrected chi connectivity index (χ2v) is 4.43. The minimum Gasteiger partial charge on any atom is -0.466 e. The SMILES string of the molecule is COC(=O)/C=C/CNc1ccccc1C=C(C(=O)OC)C(=O)OC. The van der Waals surface area contributed by atoms with E-state index < -0.39 is 17.9 Å². The van der Waals surface area contributed by atoms with Gasteiger partial charge < -0.3 is 19.5 Å². The van der Waals surface area contributed by atoms with Crippen molar-refractivity contribution in [2.45, 2.75) is 0 Å². The molecule has 0 saturated heterocycles. The smallest absolute Gasteiger partial charge is 0.345 e. The summed E-state index contributed by atoms with van der Waals surface area (Å²) >= 11 is 0. The average Bonchev–Trinajstić information content (AvgIpc) is 2.62. The number of carbonyl (C=O) groups excluding carboxylic acids is 3. The Morgan fingerprint density at radius 3 is 2.21 bits per heavy atom. The van der Waals surface area contributed by atoms with Crippen LogP contribution in [-0.2, 0) is 28.6 Å². The number of rotatable bonds is 7. The Morgan fingerprint density at radius 2 is 1.62 bits per heavy atom. The average molecular weight is 333 g/mol. The third kappa shape index (κ3) is 5.60. The summed E-state index contributed by atoms with van der Waals surface area (Å²) in [5, 5.41) is 3.07. The minimum atomic E-state index is -0.790. The minimum absolute atomic E-state index is 0.223. The molecule has 1 aromatic rings. The second kappa shape index (κ2) is 9.83. The van der Waals surface area contributed by atoms with E-state index in [1.165, 1.54) is 33.5 Å². The zero-order chi connectivity index (χ0) is 17.9. The van der Waals surface area contributed by atoms with Gasteiger partial charge in [0.15, 0.2) is 0 Å². The van der Waals surface area contributed by atoms with Gasteiger partial charge >= 0.3 is 17.9 Å². The summed E-state index contributed by atoms with van der Waals surface area (Å²) in [6.45, 7) is 0.353. The molecule has 0 amide bonds. The largest absolute Gasteiger partial charge is 0.466 e. The van der Waals surface area contributed by atoms with Crippen molar-refractivity contribution in [2.75, 3.05) is 33.2 Å². The van der Waals surface area contributed by atoms with E-state index in [0.717, 1.165) is 0 Å². The zero-order valence-corrected chi connectivity index (χ0v) is 13.7. The number of hydrogen-bond acceptors (Lipinski definition) is 7. The van der Waals surface area contributed by atoms with E-state index in [1.54, 1.807) is 30.3 Å². The Kier molecular flexibility index (Phi) is 7.77. The van der Waals surface area contributed by atoms with Crippen molar-refractivity contribution in [3.05, 3.63) is 47.6 Å². The molecule has 1 N–H and O–H groups in total. The number of carbonyl (C=O) groups is 3. The van der Waals surface area contributed by atoms with Crippen LogP contribution in [0.15, 0.2) is 42.0 Å². The van der Waals surface area contributed by atoms with E-state index in [9.17, 15) is 14.4 Å². The van der Waals surface area contributed by atoms with Crippen LogP contribution in [-0.4, -0.2) is 45.8 Å². The van der Waals surface area contributed by atoms with Crippen LogP contribution in [0.1, 0.15) is 5.56 Å². The van der Waals surface area contributed by atoms with E-state index in [1.807, 2.05) is 0 Å². The first-order chi connectivity index (χ1) is 11.5. The number of anilines is 1. The van der Waals surface area contributed by atoms with Crippen LogP contribution in [0.4, 0.5) is 5.69 Å². The molecule has 0 aromatic heterocycles. The summed E-state index contributed by atoms with van der Waals surface area (Å²) in [6.07, 6.45) is 4.26. The third-order valence-corrected chi connectivity index (χ3v) is 2.94. The molecule has 7 nitrogen and oxygen atoms in total. The van der Waals surface area contributed by atoms with Gasteiger partial charge in [0.25, 0.3) is 0 Å². The fraction of sp³-hybridized carbons (Fsp3) is 0.235. The molecule has 0 radical (unpaired) electrons. The Hall–Kier alpha value is -3.09. The topological polar surface area (TPSA) is 90.9 Å². The van der Waals surface area contributed by atoms with Crippen LogP contribution in [0, 0.1) is 0 Å². The van der Waals surface area contributed by atoms with Crippen LogP contribution < -0.4 is 5.32 Å². The first-order valence-corrected chi connectivity index (χ1v) is 6.99. The van der Waals surface area contributed by atoms with Crippen molar-refractivity contribution < 1.29 is 28.6 Å². The maximum Gasteiger partial charge on any atom is 0.345 e. The van der Waals surface area contributed by atoms with E-state index in [4.69, 9.17) is 0 Å². The number of nitrogens with one attached hydrogen (secondary N) is 1. The van der Waals surface area contributed by atoms with Crippen molar-refractivity contribution in [2.24, 2.45) is 0 Å². The molecular formula is C17H19NO6. The van der Waals surface area contributed by atoms with E-state index >= 15 is 0 Å². The van der Waals surface area contributed by atoms with Gasteiger partial charge in [0.1, 0.15) is 5.57 Å². The molecule has 0 aliphatic rings. The van der Waals surface area contributed by atoms with Gasteiger partial charge in [0, 0.05) is 18.3 Å². The highest BCUT2D eigenvalue weighted by atomic mass is 16.5. The quantitative estimate of drug-likeness (QED) is 0.266. The molecule has 24 heavy (non-hydrogen) atoms. The first kappa shape index (κ1) is 19.0. The molecule has 1 aromatic carbocycles. The van der Waals surface area contributed by atoms with Crippen molar-refractivity contribution in [3.63, 3.8) is 0 Å². The summed E-state index contributed by atoms with van der Waals surface area (Å²) in [7, 11) is 3.66. The second-order valence-electron chi connectivity index (χ2n) is 4.43. The van der Waals surface area contributed by atoms with Gasteiger partial charge in [-0.15, -0.1) is 0 Å². The van der Waals surface area contributed by atoms with Crippen molar-refractivity contribution in [3.8, 4) is 0 Å². The fourth-order valence-corrected chi connectivity index (χ4v) is 1.75. The summed E-state index contributed by atoms with van der Waals surface area (Å²) in [5.41, 5.74) is 1.03. The zero-order valence-electron chi connectivity index (χ0n) is 13.7. The Morgan fingerprint density at radius 1 is 1.00 bits per heavy atom.